The zero-order valence-corrected chi connectivity index (χ0v) is 13.1. The Morgan fingerprint density at radius 2 is 2.24 bits per heavy atom. The van der Waals surface area contributed by atoms with E-state index in [4.69, 9.17) is 0 Å². The molecule has 21 heavy (non-hydrogen) atoms. The summed E-state index contributed by atoms with van der Waals surface area (Å²) in [5, 5.41) is 6.71. The first-order valence-electron chi connectivity index (χ1n) is 7.11. The van der Waals surface area contributed by atoms with Crippen LogP contribution in [0.3, 0.4) is 0 Å². The molecule has 1 heterocycles. The molecular formula is C14H22FN3O2S. The van der Waals surface area contributed by atoms with Crippen molar-refractivity contribution in [1.29, 1.82) is 0 Å². The molecule has 5 nitrogen and oxygen atoms in total. The highest BCUT2D eigenvalue weighted by atomic mass is 32.2. The van der Waals surface area contributed by atoms with Crippen LogP contribution in [0.5, 0.6) is 0 Å². The van der Waals surface area contributed by atoms with E-state index >= 15 is 0 Å². The molecule has 2 atom stereocenters. The maximum atomic E-state index is 13.6. The fourth-order valence-electron chi connectivity index (χ4n) is 2.62. The van der Waals surface area contributed by atoms with Crippen LogP contribution in [0.2, 0.25) is 0 Å². The Labute approximate surface area is 125 Å². The van der Waals surface area contributed by atoms with Gasteiger partial charge in [-0.2, -0.15) is 0 Å². The number of halogens is 1. The second kappa shape index (κ2) is 6.62. The third-order valence-corrected chi connectivity index (χ3v) is 4.07. The maximum Gasteiger partial charge on any atom is 0.229 e. The molecule has 0 saturated carbocycles. The van der Waals surface area contributed by atoms with Crippen LogP contribution in [-0.4, -0.2) is 33.3 Å². The number of benzene rings is 1. The van der Waals surface area contributed by atoms with Crippen LogP contribution < -0.4 is 15.4 Å². The topological polar surface area (TPSA) is 70.2 Å². The van der Waals surface area contributed by atoms with Gasteiger partial charge in [-0.05, 0) is 50.9 Å². The molecule has 0 radical (unpaired) electrons. The minimum Gasteiger partial charge on any atom is -0.382 e. The molecule has 0 aromatic heterocycles. The van der Waals surface area contributed by atoms with E-state index < -0.39 is 15.8 Å². The van der Waals surface area contributed by atoms with Gasteiger partial charge in [0.1, 0.15) is 5.82 Å². The summed E-state index contributed by atoms with van der Waals surface area (Å²) >= 11 is 0. The monoisotopic (exact) mass is 315 g/mol. The van der Waals surface area contributed by atoms with Gasteiger partial charge in [0.25, 0.3) is 0 Å². The molecule has 7 heteroatoms. The molecule has 3 N–H and O–H groups in total. The lowest BCUT2D eigenvalue weighted by molar-refractivity contribution is 0.523. The van der Waals surface area contributed by atoms with Crippen molar-refractivity contribution in [2.75, 3.05) is 22.8 Å². The fraction of sp³-hybridized carbons (Fsp3) is 0.571. The number of rotatable bonds is 6. The summed E-state index contributed by atoms with van der Waals surface area (Å²) in [7, 11) is -3.49. The Kier molecular flexibility index (Phi) is 5.05. The van der Waals surface area contributed by atoms with Crippen LogP contribution in [0.25, 0.3) is 0 Å². The van der Waals surface area contributed by atoms with Gasteiger partial charge in [-0.25, -0.2) is 12.8 Å². The number of sulfonamides is 1. The van der Waals surface area contributed by atoms with Gasteiger partial charge >= 0.3 is 0 Å². The van der Waals surface area contributed by atoms with Crippen LogP contribution >= 0.6 is 0 Å². The molecule has 118 valence electrons. The normalized spacial score (nSPS) is 20.2. The summed E-state index contributed by atoms with van der Waals surface area (Å²) in [5.74, 6) is -0.587. The Balaban J connectivity index is 2.00. The lowest BCUT2D eigenvalue weighted by atomic mass is 10.1. The highest BCUT2D eigenvalue weighted by Gasteiger charge is 2.17. The standard InChI is InChI=1S/C14H22FN3O2S/c1-10(8-11-4-3-7-16-11)17-12-5-6-13(15)14(9-12)18-21(2,19)20/h5-6,9-11,16-18H,3-4,7-8H2,1-2H3. The molecule has 2 rings (SSSR count). The Bertz CT molecular complexity index is 586. The predicted octanol–water partition coefficient (Wildman–Crippen LogP) is 2.14. The van der Waals surface area contributed by atoms with E-state index in [-0.39, 0.29) is 11.7 Å². The van der Waals surface area contributed by atoms with Crippen molar-refractivity contribution in [2.45, 2.75) is 38.3 Å². The molecule has 1 aliphatic rings. The molecular weight excluding hydrogens is 293 g/mol. The molecule has 1 fully saturated rings. The van der Waals surface area contributed by atoms with Gasteiger partial charge in [-0.15, -0.1) is 0 Å². The minimum absolute atomic E-state index is 0.0336. The molecule has 2 unspecified atom stereocenters. The quantitative estimate of drug-likeness (QED) is 0.752. The van der Waals surface area contributed by atoms with Gasteiger partial charge in [0, 0.05) is 17.8 Å². The van der Waals surface area contributed by atoms with Crippen molar-refractivity contribution < 1.29 is 12.8 Å². The minimum atomic E-state index is -3.49. The van der Waals surface area contributed by atoms with E-state index in [9.17, 15) is 12.8 Å². The molecule has 0 aliphatic carbocycles. The Morgan fingerprint density at radius 1 is 1.48 bits per heavy atom. The maximum absolute atomic E-state index is 13.6. The third-order valence-electron chi connectivity index (χ3n) is 3.48. The molecule has 1 aromatic carbocycles. The number of anilines is 2. The van der Waals surface area contributed by atoms with Crippen LogP contribution in [0, 0.1) is 5.82 Å². The average molecular weight is 315 g/mol. The van der Waals surface area contributed by atoms with E-state index in [1.165, 1.54) is 25.0 Å². The first-order valence-corrected chi connectivity index (χ1v) is 9.00. The average Bonchev–Trinajstić information content (AvgIpc) is 2.84. The summed E-state index contributed by atoms with van der Waals surface area (Å²) in [6, 6.07) is 5.09. The second-order valence-corrected chi connectivity index (χ2v) is 7.39. The first kappa shape index (κ1) is 16.0. The summed E-state index contributed by atoms with van der Waals surface area (Å²) in [6.45, 7) is 3.13. The van der Waals surface area contributed by atoms with Crippen LogP contribution in [0.15, 0.2) is 18.2 Å². The number of hydrogen-bond donors (Lipinski definition) is 3. The first-order chi connectivity index (χ1) is 9.83. The molecule has 1 aliphatic heterocycles. The van der Waals surface area contributed by atoms with E-state index in [0.29, 0.717) is 11.7 Å². The molecule has 0 spiro atoms. The van der Waals surface area contributed by atoms with Gasteiger partial charge in [-0.1, -0.05) is 0 Å². The third kappa shape index (κ3) is 5.17. The second-order valence-electron chi connectivity index (χ2n) is 5.64. The zero-order chi connectivity index (χ0) is 15.5. The lowest BCUT2D eigenvalue weighted by Crippen LogP contribution is -2.29. The van der Waals surface area contributed by atoms with Gasteiger partial charge < -0.3 is 10.6 Å². The summed E-state index contributed by atoms with van der Waals surface area (Å²) in [4.78, 5) is 0. The van der Waals surface area contributed by atoms with Gasteiger partial charge in [0.05, 0.1) is 11.9 Å². The van der Waals surface area contributed by atoms with E-state index in [1.54, 1.807) is 6.07 Å². The Morgan fingerprint density at radius 3 is 2.86 bits per heavy atom. The smallest absolute Gasteiger partial charge is 0.229 e. The predicted molar refractivity (Wildman–Crippen MR) is 83.6 cm³/mol. The van der Waals surface area contributed by atoms with Gasteiger partial charge in [-0.3, -0.25) is 4.72 Å². The highest BCUT2D eigenvalue weighted by Crippen LogP contribution is 2.22. The zero-order valence-electron chi connectivity index (χ0n) is 12.3. The van der Waals surface area contributed by atoms with Crippen molar-refractivity contribution in [1.82, 2.24) is 5.32 Å². The van der Waals surface area contributed by atoms with Crippen LogP contribution in [0.4, 0.5) is 15.8 Å². The number of hydrogen-bond acceptors (Lipinski definition) is 4. The largest absolute Gasteiger partial charge is 0.382 e. The summed E-state index contributed by atoms with van der Waals surface area (Å²) < 4.78 is 38.2. The SMILES string of the molecule is CC(CC1CCCN1)Nc1ccc(F)c(NS(C)(=O)=O)c1. The van der Waals surface area contributed by atoms with Crippen molar-refractivity contribution >= 4 is 21.4 Å². The van der Waals surface area contributed by atoms with Crippen molar-refractivity contribution in [3.63, 3.8) is 0 Å². The Hall–Kier alpha value is -1.34. The van der Waals surface area contributed by atoms with Crippen molar-refractivity contribution in [2.24, 2.45) is 0 Å². The van der Waals surface area contributed by atoms with Gasteiger partial charge in [0.2, 0.25) is 10.0 Å². The van der Waals surface area contributed by atoms with Crippen LogP contribution in [0.1, 0.15) is 26.2 Å². The van der Waals surface area contributed by atoms with Crippen LogP contribution in [-0.2, 0) is 10.0 Å². The van der Waals surface area contributed by atoms with E-state index in [0.717, 1.165) is 19.2 Å². The highest BCUT2D eigenvalue weighted by molar-refractivity contribution is 7.92. The summed E-state index contributed by atoms with van der Waals surface area (Å²) in [6.07, 6.45) is 4.36. The molecule has 1 saturated heterocycles. The molecule has 0 bridgehead atoms. The van der Waals surface area contributed by atoms with Crippen molar-refractivity contribution in [3.05, 3.63) is 24.0 Å². The van der Waals surface area contributed by atoms with E-state index in [1.807, 2.05) is 0 Å². The molecule has 0 amide bonds. The van der Waals surface area contributed by atoms with E-state index in [2.05, 4.69) is 22.3 Å². The fourth-order valence-corrected chi connectivity index (χ4v) is 3.18. The molecule has 1 aromatic rings. The summed E-state index contributed by atoms with van der Waals surface area (Å²) in [5.41, 5.74) is 0.668. The number of nitrogens with one attached hydrogen (secondary N) is 3. The van der Waals surface area contributed by atoms with Gasteiger partial charge in [0.15, 0.2) is 0 Å². The van der Waals surface area contributed by atoms with Crippen molar-refractivity contribution in [3.8, 4) is 0 Å². The lowest BCUT2D eigenvalue weighted by Gasteiger charge is -2.20.